The predicted octanol–water partition coefficient (Wildman–Crippen LogP) is 2.14. The summed E-state index contributed by atoms with van der Waals surface area (Å²) in [6.45, 7) is 6.96. The van der Waals surface area contributed by atoms with Crippen LogP contribution in [0.1, 0.15) is 37.8 Å². The third-order valence-electron chi connectivity index (χ3n) is 3.86. The number of aliphatic hydroxyl groups excluding tert-OH is 1. The van der Waals surface area contributed by atoms with Crippen LogP contribution in [-0.4, -0.2) is 45.5 Å². The van der Waals surface area contributed by atoms with E-state index < -0.39 is 6.10 Å². The monoisotopic (exact) mass is 472 g/mol. The van der Waals surface area contributed by atoms with Crippen LogP contribution in [0.5, 0.6) is 0 Å². The zero-order chi connectivity index (χ0) is 17.9. The van der Waals surface area contributed by atoms with Crippen molar-refractivity contribution in [2.45, 2.75) is 39.3 Å². The first-order valence-corrected chi connectivity index (χ1v) is 8.86. The molecular formula is C18H29IN6O. The van der Waals surface area contributed by atoms with Crippen LogP contribution in [0.3, 0.4) is 0 Å². The Morgan fingerprint density at radius 2 is 2.00 bits per heavy atom. The molecule has 0 aliphatic heterocycles. The van der Waals surface area contributed by atoms with Gasteiger partial charge in [-0.05, 0) is 18.9 Å². The van der Waals surface area contributed by atoms with Crippen molar-refractivity contribution in [2.75, 3.05) is 19.6 Å². The second-order valence-corrected chi connectivity index (χ2v) is 5.70. The summed E-state index contributed by atoms with van der Waals surface area (Å²) in [4.78, 5) is 4.53. The molecule has 0 fully saturated rings. The molecule has 1 atom stereocenters. The summed E-state index contributed by atoms with van der Waals surface area (Å²) in [5, 5.41) is 24.7. The number of aliphatic hydroxyl groups is 1. The molecule has 0 saturated heterocycles. The van der Waals surface area contributed by atoms with E-state index in [2.05, 4.69) is 32.7 Å². The van der Waals surface area contributed by atoms with Crippen LogP contribution in [0, 0.1) is 0 Å². The number of benzene rings is 1. The normalized spacial score (nSPS) is 12.3. The van der Waals surface area contributed by atoms with E-state index >= 15 is 0 Å². The highest BCUT2D eigenvalue weighted by Gasteiger charge is 2.06. The molecule has 2 aromatic rings. The molecule has 1 aromatic carbocycles. The summed E-state index contributed by atoms with van der Waals surface area (Å²) in [7, 11) is 0. The van der Waals surface area contributed by atoms with Crippen LogP contribution in [0.15, 0.2) is 41.7 Å². The minimum atomic E-state index is -0.489. The van der Waals surface area contributed by atoms with Gasteiger partial charge >= 0.3 is 0 Å². The summed E-state index contributed by atoms with van der Waals surface area (Å²) in [6.07, 6.45) is 2.72. The molecule has 144 valence electrons. The van der Waals surface area contributed by atoms with Crippen molar-refractivity contribution in [2.24, 2.45) is 4.99 Å². The Morgan fingerprint density at radius 3 is 2.69 bits per heavy atom. The number of aromatic nitrogens is 3. The Bertz CT molecular complexity index is 646. The second kappa shape index (κ2) is 12.6. The summed E-state index contributed by atoms with van der Waals surface area (Å²) < 4.78 is 2.04. The molecule has 0 amide bonds. The molecule has 3 N–H and O–H groups in total. The van der Waals surface area contributed by atoms with Gasteiger partial charge in [-0.25, -0.2) is 0 Å². The molecule has 1 unspecified atom stereocenters. The number of rotatable bonds is 9. The van der Waals surface area contributed by atoms with Gasteiger partial charge in [0.05, 0.1) is 6.10 Å². The zero-order valence-corrected chi connectivity index (χ0v) is 17.8. The van der Waals surface area contributed by atoms with Crippen molar-refractivity contribution in [3.63, 3.8) is 0 Å². The quantitative estimate of drug-likeness (QED) is 0.296. The van der Waals surface area contributed by atoms with Gasteiger partial charge in [-0.2, -0.15) is 0 Å². The van der Waals surface area contributed by atoms with Crippen molar-refractivity contribution in [1.29, 1.82) is 0 Å². The summed E-state index contributed by atoms with van der Waals surface area (Å²) in [5.41, 5.74) is 0.926. The van der Waals surface area contributed by atoms with Crippen molar-refractivity contribution in [3.8, 4) is 0 Å². The fourth-order valence-electron chi connectivity index (χ4n) is 2.52. The molecule has 0 saturated carbocycles. The molecule has 0 bridgehead atoms. The van der Waals surface area contributed by atoms with Gasteiger partial charge in [0.15, 0.2) is 5.96 Å². The molecule has 1 aromatic heterocycles. The minimum absolute atomic E-state index is 0. The maximum Gasteiger partial charge on any atom is 0.191 e. The third-order valence-corrected chi connectivity index (χ3v) is 3.86. The number of guanidine groups is 1. The molecule has 0 aliphatic rings. The second-order valence-electron chi connectivity index (χ2n) is 5.70. The van der Waals surface area contributed by atoms with E-state index in [1.807, 2.05) is 41.8 Å². The minimum Gasteiger partial charge on any atom is -0.388 e. The topological polar surface area (TPSA) is 87.4 Å². The van der Waals surface area contributed by atoms with Crippen LogP contribution >= 0.6 is 24.0 Å². The number of nitrogens with one attached hydrogen (secondary N) is 2. The van der Waals surface area contributed by atoms with E-state index in [-0.39, 0.29) is 24.0 Å². The maximum absolute atomic E-state index is 10.2. The van der Waals surface area contributed by atoms with Crippen LogP contribution in [0.2, 0.25) is 0 Å². The van der Waals surface area contributed by atoms with Crippen molar-refractivity contribution < 1.29 is 5.11 Å². The van der Waals surface area contributed by atoms with E-state index in [0.717, 1.165) is 43.4 Å². The van der Waals surface area contributed by atoms with Gasteiger partial charge in [-0.3, -0.25) is 4.99 Å². The van der Waals surface area contributed by atoms with E-state index in [0.29, 0.717) is 13.0 Å². The molecule has 0 aliphatic carbocycles. The van der Waals surface area contributed by atoms with Gasteiger partial charge in [-0.1, -0.05) is 37.3 Å². The van der Waals surface area contributed by atoms with Gasteiger partial charge in [0.1, 0.15) is 12.2 Å². The van der Waals surface area contributed by atoms with E-state index in [1.54, 1.807) is 6.33 Å². The van der Waals surface area contributed by atoms with Crippen molar-refractivity contribution in [3.05, 3.63) is 48.0 Å². The zero-order valence-electron chi connectivity index (χ0n) is 15.4. The lowest BCUT2D eigenvalue weighted by molar-refractivity contribution is 0.170. The van der Waals surface area contributed by atoms with Gasteiger partial charge in [-0.15, -0.1) is 34.2 Å². The van der Waals surface area contributed by atoms with Crippen LogP contribution in [-0.2, 0) is 13.0 Å². The first-order valence-electron chi connectivity index (χ1n) is 8.86. The summed E-state index contributed by atoms with van der Waals surface area (Å²) in [6, 6.07) is 9.68. The lowest BCUT2D eigenvalue weighted by Crippen LogP contribution is -2.39. The molecule has 2 rings (SSSR count). The standard InChI is InChI=1S/C18H28N6O.HI/c1-3-17-23-22-14-24(17)13-12-21-18(19-4-2)20-11-10-16(25)15-8-6-5-7-9-15;/h5-9,14,16,25H,3-4,10-13H2,1-2H3,(H2,19,20,21);1H. The Balaban J connectivity index is 0.00000338. The first-order chi connectivity index (χ1) is 12.2. The highest BCUT2D eigenvalue weighted by Crippen LogP contribution is 2.15. The Hall–Kier alpha value is -1.68. The molecular weight excluding hydrogens is 443 g/mol. The van der Waals surface area contributed by atoms with Crippen molar-refractivity contribution in [1.82, 2.24) is 25.4 Å². The van der Waals surface area contributed by atoms with Gasteiger partial charge < -0.3 is 20.3 Å². The Kier molecular flexibility index (Phi) is 10.9. The Labute approximate surface area is 172 Å². The third kappa shape index (κ3) is 7.28. The van der Waals surface area contributed by atoms with E-state index in [4.69, 9.17) is 0 Å². The van der Waals surface area contributed by atoms with E-state index in [1.165, 1.54) is 0 Å². The SMILES string of the molecule is CCNC(=NCCC(O)c1ccccc1)NCCn1cnnc1CC.I. The average Bonchev–Trinajstić information content (AvgIpc) is 3.10. The van der Waals surface area contributed by atoms with Crippen LogP contribution < -0.4 is 10.6 Å². The average molecular weight is 472 g/mol. The molecule has 8 heteroatoms. The number of hydrogen-bond acceptors (Lipinski definition) is 4. The lowest BCUT2D eigenvalue weighted by Gasteiger charge is -2.13. The molecule has 26 heavy (non-hydrogen) atoms. The number of hydrogen-bond donors (Lipinski definition) is 3. The molecule has 0 radical (unpaired) electrons. The molecule has 0 spiro atoms. The predicted molar refractivity (Wildman–Crippen MR) is 115 cm³/mol. The highest BCUT2D eigenvalue weighted by atomic mass is 127. The number of aryl methyl sites for hydroxylation is 1. The smallest absolute Gasteiger partial charge is 0.191 e. The Morgan fingerprint density at radius 1 is 1.23 bits per heavy atom. The summed E-state index contributed by atoms with van der Waals surface area (Å²) in [5.74, 6) is 1.74. The fourth-order valence-corrected chi connectivity index (χ4v) is 2.52. The van der Waals surface area contributed by atoms with Crippen LogP contribution in [0.25, 0.3) is 0 Å². The van der Waals surface area contributed by atoms with Gasteiger partial charge in [0.2, 0.25) is 0 Å². The van der Waals surface area contributed by atoms with Gasteiger partial charge in [0, 0.05) is 32.6 Å². The van der Waals surface area contributed by atoms with Gasteiger partial charge in [0.25, 0.3) is 0 Å². The maximum atomic E-state index is 10.2. The number of aliphatic imine (C=N–C) groups is 1. The first kappa shape index (κ1) is 22.4. The lowest BCUT2D eigenvalue weighted by atomic mass is 10.1. The number of nitrogens with zero attached hydrogens (tertiary/aromatic N) is 4. The van der Waals surface area contributed by atoms with Crippen LogP contribution in [0.4, 0.5) is 0 Å². The number of halogens is 1. The van der Waals surface area contributed by atoms with E-state index in [9.17, 15) is 5.11 Å². The van der Waals surface area contributed by atoms with Crippen molar-refractivity contribution >= 4 is 29.9 Å². The largest absolute Gasteiger partial charge is 0.388 e. The molecule has 7 nitrogen and oxygen atoms in total. The molecule has 1 heterocycles. The fraction of sp³-hybridized carbons (Fsp3) is 0.500. The summed E-state index contributed by atoms with van der Waals surface area (Å²) >= 11 is 0. The highest BCUT2D eigenvalue weighted by molar-refractivity contribution is 14.0.